The molecule has 1 fully saturated rings. The molecule has 0 aliphatic carbocycles. The molecule has 23 heavy (non-hydrogen) atoms. The van der Waals surface area contributed by atoms with E-state index in [-0.39, 0.29) is 25.0 Å². The smallest absolute Gasteiger partial charge is 0.471 e. The van der Waals surface area contributed by atoms with E-state index >= 15 is 0 Å². The average Bonchev–Trinajstić information content (AvgIpc) is 2.92. The van der Waals surface area contributed by atoms with Crippen LogP contribution in [0.2, 0.25) is 0 Å². The quantitative estimate of drug-likeness (QED) is 0.931. The van der Waals surface area contributed by atoms with Gasteiger partial charge in [0.1, 0.15) is 11.9 Å². The zero-order chi connectivity index (χ0) is 16.6. The number of nitrogens with zero attached hydrogens (tertiary/aromatic N) is 3. The van der Waals surface area contributed by atoms with Gasteiger partial charge in [0, 0.05) is 5.56 Å². The van der Waals surface area contributed by atoms with Gasteiger partial charge in [0.05, 0.1) is 13.1 Å². The van der Waals surface area contributed by atoms with Crippen LogP contribution in [0.5, 0.6) is 5.75 Å². The van der Waals surface area contributed by atoms with Crippen LogP contribution in [0.3, 0.4) is 0 Å². The molecular formula is C13H10F3N3O4. The number of halogens is 3. The van der Waals surface area contributed by atoms with Crippen molar-refractivity contribution in [3.8, 4) is 17.1 Å². The van der Waals surface area contributed by atoms with Gasteiger partial charge < -0.3 is 19.3 Å². The van der Waals surface area contributed by atoms with Gasteiger partial charge in [-0.05, 0) is 24.3 Å². The summed E-state index contributed by atoms with van der Waals surface area (Å²) in [7, 11) is 0. The number of alkyl halides is 3. The highest BCUT2D eigenvalue weighted by Crippen LogP contribution is 2.30. The van der Waals surface area contributed by atoms with Gasteiger partial charge in [0.15, 0.2) is 0 Å². The molecule has 0 bridgehead atoms. The Morgan fingerprint density at radius 3 is 2.48 bits per heavy atom. The van der Waals surface area contributed by atoms with Crippen molar-refractivity contribution in [1.82, 2.24) is 15.0 Å². The lowest BCUT2D eigenvalue weighted by molar-refractivity contribution is -0.159. The van der Waals surface area contributed by atoms with Crippen molar-refractivity contribution in [2.24, 2.45) is 0 Å². The van der Waals surface area contributed by atoms with Crippen molar-refractivity contribution in [2.75, 3.05) is 13.1 Å². The number of ether oxygens (including phenoxy) is 1. The van der Waals surface area contributed by atoms with Gasteiger partial charge in [-0.3, -0.25) is 0 Å². The Morgan fingerprint density at radius 2 is 1.96 bits per heavy atom. The Morgan fingerprint density at radius 1 is 1.30 bits per heavy atom. The van der Waals surface area contributed by atoms with Crippen LogP contribution in [0.4, 0.5) is 18.0 Å². The minimum absolute atomic E-state index is 0.176. The first kappa shape index (κ1) is 15.1. The molecule has 1 aromatic heterocycles. The number of carbonyl (C=O) groups is 1. The molecule has 1 aliphatic rings. The molecule has 1 saturated heterocycles. The van der Waals surface area contributed by atoms with Crippen molar-refractivity contribution < 1.29 is 32.3 Å². The Balaban J connectivity index is 1.64. The Kier molecular flexibility index (Phi) is 3.58. The fourth-order valence-corrected chi connectivity index (χ4v) is 2.00. The molecule has 0 spiro atoms. The summed E-state index contributed by atoms with van der Waals surface area (Å²) in [5.41, 5.74) is 0.345. The molecule has 0 atom stereocenters. The molecule has 1 amide bonds. The van der Waals surface area contributed by atoms with Crippen LogP contribution in [-0.4, -0.2) is 45.4 Å². The fourth-order valence-electron chi connectivity index (χ4n) is 2.00. The third kappa shape index (κ3) is 3.20. The van der Waals surface area contributed by atoms with Gasteiger partial charge >= 0.3 is 18.2 Å². The fraction of sp³-hybridized carbons (Fsp3) is 0.308. The monoisotopic (exact) mass is 329 g/mol. The number of amides is 1. The number of likely N-dealkylation sites (tertiary alicyclic amines) is 1. The molecule has 122 valence electrons. The molecule has 0 saturated carbocycles. The minimum Gasteiger partial charge on any atom is -0.487 e. The highest BCUT2D eigenvalue weighted by molar-refractivity contribution is 5.66. The van der Waals surface area contributed by atoms with Crippen molar-refractivity contribution in [1.29, 1.82) is 0 Å². The van der Waals surface area contributed by atoms with Gasteiger partial charge in [0.25, 0.3) is 0 Å². The van der Waals surface area contributed by atoms with E-state index in [4.69, 9.17) is 9.84 Å². The lowest BCUT2D eigenvalue weighted by Gasteiger charge is -2.36. The van der Waals surface area contributed by atoms with Gasteiger partial charge in [0.2, 0.25) is 5.82 Å². The van der Waals surface area contributed by atoms with E-state index in [1.807, 2.05) is 0 Å². The largest absolute Gasteiger partial charge is 0.487 e. The second-order valence-electron chi connectivity index (χ2n) is 4.87. The summed E-state index contributed by atoms with van der Waals surface area (Å²) in [4.78, 5) is 15.1. The maximum absolute atomic E-state index is 12.4. The standard InChI is InChI=1S/C13H10F3N3O4/c14-13(15,16)11-17-10(18-23-11)7-1-3-8(4-2-7)22-9-5-19(6-9)12(20)21/h1-4,9H,5-6H2,(H,20,21). The Labute approximate surface area is 127 Å². The topological polar surface area (TPSA) is 88.7 Å². The van der Waals surface area contributed by atoms with E-state index in [9.17, 15) is 18.0 Å². The van der Waals surface area contributed by atoms with E-state index in [2.05, 4.69) is 14.7 Å². The van der Waals surface area contributed by atoms with Gasteiger partial charge in [-0.15, -0.1) is 0 Å². The molecule has 7 nitrogen and oxygen atoms in total. The Hall–Kier alpha value is -2.78. The maximum atomic E-state index is 12.4. The van der Waals surface area contributed by atoms with Crippen LogP contribution >= 0.6 is 0 Å². The molecule has 2 heterocycles. The van der Waals surface area contributed by atoms with E-state index in [1.165, 1.54) is 17.0 Å². The maximum Gasteiger partial charge on any atom is 0.471 e. The summed E-state index contributed by atoms with van der Waals surface area (Å²) in [6, 6.07) is 6.08. The summed E-state index contributed by atoms with van der Waals surface area (Å²) in [6.45, 7) is 0.549. The van der Waals surface area contributed by atoms with Crippen molar-refractivity contribution in [3.63, 3.8) is 0 Å². The Bertz CT molecular complexity index is 708. The van der Waals surface area contributed by atoms with Crippen LogP contribution in [0.25, 0.3) is 11.4 Å². The van der Waals surface area contributed by atoms with Crippen LogP contribution in [0, 0.1) is 0 Å². The second kappa shape index (κ2) is 5.45. The minimum atomic E-state index is -4.69. The number of carboxylic acid groups (broad SMARTS) is 1. The molecule has 0 unspecified atom stereocenters. The van der Waals surface area contributed by atoms with Crippen LogP contribution < -0.4 is 4.74 Å². The molecule has 1 aliphatic heterocycles. The van der Waals surface area contributed by atoms with Gasteiger partial charge in [-0.2, -0.15) is 18.2 Å². The number of hydrogen-bond acceptors (Lipinski definition) is 5. The van der Waals surface area contributed by atoms with E-state index < -0.39 is 18.2 Å². The highest BCUT2D eigenvalue weighted by atomic mass is 19.4. The highest BCUT2D eigenvalue weighted by Gasteiger charge is 2.38. The normalized spacial score (nSPS) is 15.3. The first-order valence-electron chi connectivity index (χ1n) is 6.49. The molecular weight excluding hydrogens is 319 g/mol. The lowest BCUT2D eigenvalue weighted by atomic mass is 10.1. The van der Waals surface area contributed by atoms with Crippen LogP contribution in [-0.2, 0) is 6.18 Å². The first-order chi connectivity index (χ1) is 10.8. The summed E-state index contributed by atoms with van der Waals surface area (Å²) < 4.78 is 46.9. The summed E-state index contributed by atoms with van der Waals surface area (Å²) >= 11 is 0. The summed E-state index contributed by atoms with van der Waals surface area (Å²) in [5.74, 6) is -1.11. The zero-order valence-electron chi connectivity index (χ0n) is 11.4. The first-order valence-corrected chi connectivity index (χ1v) is 6.49. The predicted molar refractivity (Wildman–Crippen MR) is 68.7 cm³/mol. The molecule has 0 radical (unpaired) electrons. The van der Waals surface area contributed by atoms with Gasteiger partial charge in [-0.25, -0.2) is 4.79 Å². The number of hydrogen-bond donors (Lipinski definition) is 1. The molecule has 3 rings (SSSR count). The molecule has 2 aromatic rings. The van der Waals surface area contributed by atoms with Crippen LogP contribution in [0.1, 0.15) is 5.89 Å². The van der Waals surface area contributed by atoms with Gasteiger partial charge in [-0.1, -0.05) is 5.16 Å². The van der Waals surface area contributed by atoms with E-state index in [1.54, 1.807) is 12.1 Å². The van der Waals surface area contributed by atoms with Crippen molar-refractivity contribution in [2.45, 2.75) is 12.3 Å². The molecule has 1 N–H and O–H groups in total. The second-order valence-corrected chi connectivity index (χ2v) is 4.87. The summed E-state index contributed by atoms with van der Waals surface area (Å²) in [5, 5.41) is 12.0. The number of rotatable bonds is 3. The van der Waals surface area contributed by atoms with Crippen molar-refractivity contribution in [3.05, 3.63) is 30.2 Å². The number of aromatic nitrogens is 2. The third-order valence-corrected chi connectivity index (χ3v) is 3.20. The average molecular weight is 329 g/mol. The SMILES string of the molecule is O=C(O)N1CC(Oc2ccc(-c3noc(C(F)(F)F)n3)cc2)C1. The van der Waals surface area contributed by atoms with E-state index in [0.717, 1.165) is 0 Å². The zero-order valence-corrected chi connectivity index (χ0v) is 11.4. The third-order valence-electron chi connectivity index (χ3n) is 3.20. The van der Waals surface area contributed by atoms with E-state index in [0.29, 0.717) is 11.3 Å². The predicted octanol–water partition coefficient (Wildman–Crippen LogP) is 2.50. The summed E-state index contributed by atoms with van der Waals surface area (Å²) in [6.07, 6.45) is -5.93. The van der Waals surface area contributed by atoms with Crippen LogP contribution in [0.15, 0.2) is 28.8 Å². The van der Waals surface area contributed by atoms with Crippen molar-refractivity contribution >= 4 is 6.09 Å². The lowest BCUT2D eigenvalue weighted by Crippen LogP contribution is -2.55. The number of benzene rings is 1. The molecule has 10 heteroatoms. The molecule has 1 aromatic carbocycles.